The standard InChI is InChI=1S/C10H16N4O2S/c1-11-10(8(15)16,7-3-4-7)5-17-9-13-12-6-14(9)2/h6-7,11H,3-5H2,1-2H3,(H,15,16). The van der Waals surface area contributed by atoms with Crippen LogP contribution in [0.1, 0.15) is 12.8 Å². The fourth-order valence-corrected chi connectivity index (χ4v) is 3.11. The van der Waals surface area contributed by atoms with Crippen molar-refractivity contribution in [3.8, 4) is 0 Å². The molecule has 1 atom stereocenters. The van der Waals surface area contributed by atoms with Crippen LogP contribution in [0.4, 0.5) is 0 Å². The highest BCUT2D eigenvalue weighted by atomic mass is 32.2. The summed E-state index contributed by atoms with van der Waals surface area (Å²) in [6, 6.07) is 0. The molecule has 0 aliphatic heterocycles. The zero-order valence-corrected chi connectivity index (χ0v) is 10.7. The van der Waals surface area contributed by atoms with Crippen molar-refractivity contribution in [3.05, 3.63) is 6.33 Å². The van der Waals surface area contributed by atoms with E-state index in [0.29, 0.717) is 5.75 Å². The van der Waals surface area contributed by atoms with Gasteiger partial charge in [0, 0.05) is 12.8 Å². The Kier molecular flexibility index (Phi) is 3.39. The van der Waals surface area contributed by atoms with Crippen LogP contribution in [0.5, 0.6) is 0 Å². The van der Waals surface area contributed by atoms with Gasteiger partial charge in [-0.2, -0.15) is 0 Å². The molecule has 1 heterocycles. The van der Waals surface area contributed by atoms with Gasteiger partial charge in [0.1, 0.15) is 11.9 Å². The van der Waals surface area contributed by atoms with E-state index >= 15 is 0 Å². The average molecular weight is 256 g/mol. The summed E-state index contributed by atoms with van der Waals surface area (Å²) in [7, 11) is 3.56. The second-order valence-corrected chi connectivity index (χ2v) is 5.26. The molecule has 0 spiro atoms. The Balaban J connectivity index is 2.08. The minimum absolute atomic E-state index is 0.228. The number of aliphatic carboxylic acids is 1. The van der Waals surface area contributed by atoms with Crippen LogP contribution in [0, 0.1) is 5.92 Å². The molecule has 2 rings (SSSR count). The summed E-state index contributed by atoms with van der Waals surface area (Å²) in [6.07, 6.45) is 3.57. The molecule has 1 aromatic heterocycles. The summed E-state index contributed by atoms with van der Waals surface area (Å²) in [5, 5.41) is 20.9. The summed E-state index contributed by atoms with van der Waals surface area (Å²) >= 11 is 1.43. The molecule has 1 fully saturated rings. The Morgan fingerprint density at radius 1 is 1.76 bits per heavy atom. The van der Waals surface area contributed by atoms with Crippen molar-refractivity contribution in [1.29, 1.82) is 0 Å². The van der Waals surface area contributed by atoms with E-state index in [1.165, 1.54) is 11.8 Å². The van der Waals surface area contributed by atoms with Crippen LogP contribution in [0.2, 0.25) is 0 Å². The highest BCUT2D eigenvalue weighted by Gasteiger charge is 2.50. The molecule has 7 heteroatoms. The summed E-state index contributed by atoms with van der Waals surface area (Å²) in [6.45, 7) is 0. The van der Waals surface area contributed by atoms with Crippen molar-refractivity contribution in [1.82, 2.24) is 20.1 Å². The smallest absolute Gasteiger partial charge is 0.325 e. The molecule has 1 aliphatic rings. The number of hydrogen-bond donors (Lipinski definition) is 2. The Morgan fingerprint density at radius 3 is 2.88 bits per heavy atom. The maximum absolute atomic E-state index is 11.5. The number of nitrogens with one attached hydrogen (secondary N) is 1. The third-order valence-corrected chi connectivity index (χ3v) is 4.43. The van der Waals surface area contributed by atoms with Crippen molar-refractivity contribution in [2.75, 3.05) is 12.8 Å². The topological polar surface area (TPSA) is 80.0 Å². The van der Waals surface area contributed by atoms with Crippen molar-refractivity contribution in [2.24, 2.45) is 13.0 Å². The molecule has 0 radical (unpaired) electrons. The van der Waals surface area contributed by atoms with Gasteiger partial charge >= 0.3 is 5.97 Å². The highest BCUT2D eigenvalue weighted by molar-refractivity contribution is 7.99. The van der Waals surface area contributed by atoms with Gasteiger partial charge in [0.25, 0.3) is 0 Å². The van der Waals surface area contributed by atoms with E-state index < -0.39 is 11.5 Å². The number of nitrogens with zero attached hydrogens (tertiary/aromatic N) is 3. The summed E-state index contributed by atoms with van der Waals surface area (Å²) in [5.74, 6) is -0.0846. The first-order valence-corrected chi connectivity index (χ1v) is 6.48. The van der Waals surface area contributed by atoms with Gasteiger partial charge in [-0.05, 0) is 25.8 Å². The predicted molar refractivity (Wildman–Crippen MR) is 63.9 cm³/mol. The Hall–Kier alpha value is -1.08. The van der Waals surface area contributed by atoms with Crippen LogP contribution < -0.4 is 5.32 Å². The first kappa shape index (κ1) is 12.4. The first-order valence-electron chi connectivity index (χ1n) is 5.49. The number of aromatic nitrogens is 3. The molecule has 1 aliphatic carbocycles. The molecule has 0 amide bonds. The van der Waals surface area contributed by atoms with E-state index in [-0.39, 0.29) is 5.92 Å². The first-order chi connectivity index (χ1) is 8.10. The van der Waals surface area contributed by atoms with Crippen molar-refractivity contribution in [3.63, 3.8) is 0 Å². The lowest BCUT2D eigenvalue weighted by molar-refractivity contribution is -0.144. The molecule has 17 heavy (non-hydrogen) atoms. The lowest BCUT2D eigenvalue weighted by atomic mass is 9.96. The van der Waals surface area contributed by atoms with Gasteiger partial charge in [-0.25, -0.2) is 0 Å². The third-order valence-electron chi connectivity index (χ3n) is 3.20. The largest absolute Gasteiger partial charge is 0.480 e. The fraction of sp³-hybridized carbons (Fsp3) is 0.700. The molecule has 1 unspecified atom stereocenters. The number of thioether (sulfide) groups is 1. The van der Waals surface area contributed by atoms with E-state index in [1.54, 1.807) is 17.9 Å². The molecular formula is C10H16N4O2S. The van der Waals surface area contributed by atoms with Crippen molar-refractivity contribution in [2.45, 2.75) is 23.5 Å². The summed E-state index contributed by atoms with van der Waals surface area (Å²) in [4.78, 5) is 11.5. The quantitative estimate of drug-likeness (QED) is 0.715. The van der Waals surface area contributed by atoms with Crippen molar-refractivity contribution >= 4 is 17.7 Å². The van der Waals surface area contributed by atoms with Gasteiger partial charge in [-0.3, -0.25) is 4.79 Å². The third kappa shape index (κ3) is 2.30. The predicted octanol–water partition coefficient (Wildman–Crippen LogP) is 0.360. The fourth-order valence-electron chi connectivity index (χ4n) is 1.90. The Bertz CT molecular complexity index is 418. The molecule has 0 aromatic carbocycles. The van der Waals surface area contributed by atoms with Crippen LogP contribution in [-0.2, 0) is 11.8 Å². The van der Waals surface area contributed by atoms with Gasteiger partial charge in [-0.1, -0.05) is 11.8 Å². The number of rotatable bonds is 6. The second-order valence-electron chi connectivity index (χ2n) is 4.31. The highest BCUT2D eigenvalue weighted by Crippen LogP contribution is 2.42. The summed E-state index contributed by atoms with van der Waals surface area (Å²) in [5.41, 5.74) is -0.837. The van der Waals surface area contributed by atoms with Crippen LogP contribution in [0.15, 0.2) is 11.5 Å². The molecule has 1 saturated carbocycles. The molecular weight excluding hydrogens is 240 g/mol. The molecule has 6 nitrogen and oxygen atoms in total. The monoisotopic (exact) mass is 256 g/mol. The minimum Gasteiger partial charge on any atom is -0.480 e. The average Bonchev–Trinajstić information content (AvgIpc) is 3.05. The Labute approximate surface area is 104 Å². The minimum atomic E-state index is -0.837. The zero-order chi connectivity index (χ0) is 12.5. The SMILES string of the molecule is CNC(CSc1nncn1C)(C(=O)O)C1CC1. The van der Waals surface area contributed by atoms with Crippen LogP contribution in [-0.4, -0.2) is 44.2 Å². The molecule has 94 valence electrons. The van der Waals surface area contributed by atoms with Gasteiger partial charge in [-0.15, -0.1) is 10.2 Å². The van der Waals surface area contributed by atoms with Crippen LogP contribution in [0.25, 0.3) is 0 Å². The van der Waals surface area contributed by atoms with E-state index in [9.17, 15) is 9.90 Å². The maximum Gasteiger partial charge on any atom is 0.325 e. The van der Waals surface area contributed by atoms with Gasteiger partial charge in [0.15, 0.2) is 5.16 Å². The molecule has 0 saturated heterocycles. The summed E-state index contributed by atoms with van der Waals surface area (Å²) < 4.78 is 1.79. The van der Waals surface area contributed by atoms with Crippen molar-refractivity contribution < 1.29 is 9.90 Å². The number of carbonyl (C=O) groups is 1. The number of likely N-dealkylation sites (N-methyl/N-ethyl adjacent to an activating group) is 1. The van der Waals surface area contributed by atoms with E-state index in [1.807, 2.05) is 7.05 Å². The van der Waals surface area contributed by atoms with Crippen LogP contribution in [0.3, 0.4) is 0 Å². The lowest BCUT2D eigenvalue weighted by Crippen LogP contribution is -2.54. The lowest BCUT2D eigenvalue weighted by Gasteiger charge is -2.28. The normalized spacial score (nSPS) is 18.9. The van der Waals surface area contributed by atoms with Gasteiger partial charge in [0.2, 0.25) is 0 Å². The number of carboxylic acids is 1. The van der Waals surface area contributed by atoms with E-state index in [0.717, 1.165) is 18.0 Å². The molecule has 2 N–H and O–H groups in total. The van der Waals surface area contributed by atoms with Crippen LogP contribution >= 0.6 is 11.8 Å². The number of aryl methyl sites for hydroxylation is 1. The maximum atomic E-state index is 11.5. The van der Waals surface area contributed by atoms with Gasteiger partial charge in [0.05, 0.1) is 0 Å². The van der Waals surface area contributed by atoms with E-state index in [4.69, 9.17) is 0 Å². The zero-order valence-electron chi connectivity index (χ0n) is 9.88. The number of carboxylic acid groups (broad SMARTS) is 1. The van der Waals surface area contributed by atoms with Gasteiger partial charge < -0.3 is 15.0 Å². The molecule has 1 aromatic rings. The number of hydrogen-bond acceptors (Lipinski definition) is 5. The molecule has 0 bridgehead atoms. The Morgan fingerprint density at radius 2 is 2.47 bits per heavy atom. The van der Waals surface area contributed by atoms with E-state index in [2.05, 4.69) is 15.5 Å². The second kappa shape index (κ2) is 4.66.